The number of methoxy groups -OCH3 is 1. The van der Waals surface area contributed by atoms with Gasteiger partial charge in [-0.25, -0.2) is 4.39 Å². The monoisotopic (exact) mass is 351 g/mol. The maximum atomic E-state index is 15.0. The first kappa shape index (κ1) is 16.2. The molecule has 0 aliphatic heterocycles. The van der Waals surface area contributed by atoms with Crippen molar-refractivity contribution >= 4 is 17.5 Å². The first-order valence-corrected chi connectivity index (χ1v) is 9.09. The van der Waals surface area contributed by atoms with Gasteiger partial charge in [0, 0.05) is 6.54 Å². The largest absolute Gasteiger partial charge is 0.495 e. The van der Waals surface area contributed by atoms with E-state index in [0.29, 0.717) is 41.1 Å². The van der Waals surface area contributed by atoms with Gasteiger partial charge in [0.2, 0.25) is 0 Å². The third-order valence-electron chi connectivity index (χ3n) is 6.16. The van der Waals surface area contributed by atoms with Crippen molar-refractivity contribution in [1.82, 2.24) is 5.32 Å². The highest BCUT2D eigenvalue weighted by molar-refractivity contribution is 6.35. The fourth-order valence-corrected chi connectivity index (χ4v) is 6.04. The predicted molar refractivity (Wildman–Crippen MR) is 91.3 cm³/mol. The molecule has 130 valence electrons. The summed E-state index contributed by atoms with van der Waals surface area (Å²) in [4.78, 5) is 12.6. The number of carbonyl (C=O) groups excluding carboxylic acids is 1. The van der Waals surface area contributed by atoms with Crippen LogP contribution in [0.1, 0.15) is 48.9 Å². The molecule has 24 heavy (non-hydrogen) atoms. The summed E-state index contributed by atoms with van der Waals surface area (Å²) in [5.41, 5.74) is -0.655. The number of nitrogens with one attached hydrogen (secondary N) is 1. The van der Waals surface area contributed by atoms with Crippen LogP contribution in [0, 0.1) is 17.3 Å². The van der Waals surface area contributed by atoms with Crippen LogP contribution in [0.25, 0.3) is 0 Å². The third kappa shape index (κ3) is 2.69. The second-order valence-corrected chi connectivity index (χ2v) is 8.49. The minimum absolute atomic E-state index is 0.0696. The van der Waals surface area contributed by atoms with Crippen molar-refractivity contribution in [3.05, 3.63) is 28.8 Å². The summed E-state index contributed by atoms with van der Waals surface area (Å²) in [6.07, 6.45) is 5.30. The molecule has 2 unspecified atom stereocenters. The van der Waals surface area contributed by atoms with Crippen molar-refractivity contribution in [3.63, 3.8) is 0 Å². The van der Waals surface area contributed by atoms with Gasteiger partial charge in [0.1, 0.15) is 11.4 Å². The minimum Gasteiger partial charge on any atom is -0.495 e. The van der Waals surface area contributed by atoms with Crippen molar-refractivity contribution in [1.29, 1.82) is 0 Å². The van der Waals surface area contributed by atoms with Crippen LogP contribution < -0.4 is 10.1 Å². The number of halogens is 2. The average Bonchev–Trinajstić information content (AvgIpc) is 2.50. The number of amides is 1. The molecule has 3 nitrogen and oxygen atoms in total. The molecule has 0 spiro atoms. The zero-order valence-electron chi connectivity index (χ0n) is 13.9. The van der Waals surface area contributed by atoms with E-state index in [1.54, 1.807) is 18.2 Å². The Kier molecular flexibility index (Phi) is 3.79. The fraction of sp³-hybridized carbons (Fsp3) is 0.632. The van der Waals surface area contributed by atoms with Gasteiger partial charge in [-0.1, -0.05) is 17.7 Å². The van der Waals surface area contributed by atoms with Crippen LogP contribution in [-0.2, 0) is 0 Å². The number of hydrogen-bond donors (Lipinski definition) is 1. The van der Waals surface area contributed by atoms with Crippen LogP contribution in [0.15, 0.2) is 18.2 Å². The molecule has 4 aliphatic carbocycles. The Morgan fingerprint density at radius 1 is 1.33 bits per heavy atom. The van der Waals surface area contributed by atoms with Crippen molar-refractivity contribution in [3.8, 4) is 5.75 Å². The van der Waals surface area contributed by atoms with Crippen LogP contribution in [-0.4, -0.2) is 25.2 Å². The highest BCUT2D eigenvalue weighted by atomic mass is 35.5. The smallest absolute Gasteiger partial charge is 0.252 e. The molecule has 4 bridgehead atoms. The van der Waals surface area contributed by atoms with Gasteiger partial charge in [-0.05, 0) is 67.9 Å². The number of ether oxygens (including phenoxy) is 1. The molecule has 2 atom stereocenters. The summed E-state index contributed by atoms with van der Waals surface area (Å²) in [6.45, 7) is 0.540. The second-order valence-electron chi connectivity index (χ2n) is 8.12. The van der Waals surface area contributed by atoms with Crippen LogP contribution in [0.5, 0.6) is 5.75 Å². The van der Waals surface area contributed by atoms with E-state index in [1.807, 2.05) is 0 Å². The van der Waals surface area contributed by atoms with Gasteiger partial charge >= 0.3 is 0 Å². The maximum Gasteiger partial charge on any atom is 0.252 e. The number of benzene rings is 1. The van der Waals surface area contributed by atoms with Gasteiger partial charge in [0.25, 0.3) is 5.91 Å². The molecule has 4 aliphatic rings. The number of hydrogen-bond acceptors (Lipinski definition) is 2. The van der Waals surface area contributed by atoms with Crippen molar-refractivity contribution in [2.45, 2.75) is 44.2 Å². The van der Waals surface area contributed by atoms with E-state index in [-0.39, 0.29) is 11.3 Å². The minimum atomic E-state index is -0.998. The summed E-state index contributed by atoms with van der Waals surface area (Å²) >= 11 is 6.23. The topological polar surface area (TPSA) is 38.3 Å². The van der Waals surface area contributed by atoms with Crippen LogP contribution in [0.3, 0.4) is 0 Å². The Hall–Kier alpha value is -1.29. The summed E-state index contributed by atoms with van der Waals surface area (Å²) in [7, 11) is 1.53. The zero-order chi connectivity index (χ0) is 16.9. The zero-order valence-corrected chi connectivity index (χ0v) is 14.7. The van der Waals surface area contributed by atoms with Gasteiger partial charge in [0.15, 0.2) is 0 Å². The molecule has 1 amide bonds. The highest BCUT2D eigenvalue weighted by Gasteiger charge is 2.58. The van der Waals surface area contributed by atoms with Crippen LogP contribution in [0.2, 0.25) is 5.02 Å². The molecule has 0 heterocycles. The van der Waals surface area contributed by atoms with Gasteiger partial charge in [-0.3, -0.25) is 4.79 Å². The summed E-state index contributed by atoms with van der Waals surface area (Å²) in [5, 5.41) is 3.34. The second kappa shape index (κ2) is 5.62. The lowest BCUT2D eigenvalue weighted by atomic mass is 9.48. The molecule has 1 aromatic carbocycles. The molecule has 0 radical (unpaired) electrons. The summed E-state index contributed by atoms with van der Waals surface area (Å²) in [6, 6.07) is 5.17. The molecule has 0 aromatic heterocycles. The SMILES string of the molecule is COc1cccc(C(=O)NCC23CC4CC(CC(F)(C4)C2)C3)c1Cl. The summed E-state index contributed by atoms with van der Waals surface area (Å²) < 4.78 is 20.2. The van der Waals surface area contributed by atoms with E-state index in [2.05, 4.69) is 5.32 Å². The van der Waals surface area contributed by atoms with Crippen molar-refractivity contribution in [2.75, 3.05) is 13.7 Å². The lowest BCUT2D eigenvalue weighted by molar-refractivity contribution is -0.121. The molecular formula is C19H23ClFNO2. The molecule has 4 saturated carbocycles. The van der Waals surface area contributed by atoms with Crippen LogP contribution >= 0.6 is 11.6 Å². The first-order valence-electron chi connectivity index (χ1n) is 8.72. The number of alkyl halides is 1. The van der Waals surface area contributed by atoms with E-state index < -0.39 is 5.67 Å². The Balaban J connectivity index is 1.48. The Morgan fingerprint density at radius 3 is 2.67 bits per heavy atom. The molecule has 5 rings (SSSR count). The standard InChI is InChI=1S/C19H23ClFNO2/c1-24-15-4-2-3-14(16(15)20)17(23)22-11-18-6-12-5-13(7-18)9-19(21,8-12)10-18/h2-4,12-13H,5-11H2,1H3,(H,22,23). The lowest BCUT2D eigenvalue weighted by Gasteiger charge is -2.59. The van der Waals surface area contributed by atoms with E-state index in [9.17, 15) is 9.18 Å². The van der Waals surface area contributed by atoms with Gasteiger partial charge in [-0.15, -0.1) is 0 Å². The molecule has 4 fully saturated rings. The van der Waals surface area contributed by atoms with E-state index >= 15 is 0 Å². The summed E-state index contributed by atoms with van der Waals surface area (Å²) in [5.74, 6) is 1.27. The van der Waals surface area contributed by atoms with Gasteiger partial charge in [0.05, 0.1) is 17.7 Å². The third-order valence-corrected chi connectivity index (χ3v) is 6.55. The Bertz CT molecular complexity index is 663. The Labute approximate surface area is 146 Å². The Morgan fingerprint density at radius 2 is 2.04 bits per heavy atom. The number of carbonyl (C=O) groups is 1. The van der Waals surface area contributed by atoms with E-state index in [0.717, 1.165) is 25.7 Å². The molecular weight excluding hydrogens is 329 g/mol. The highest BCUT2D eigenvalue weighted by Crippen LogP contribution is 2.62. The quantitative estimate of drug-likeness (QED) is 0.873. The first-order chi connectivity index (χ1) is 11.4. The molecule has 1 N–H and O–H groups in total. The maximum absolute atomic E-state index is 15.0. The van der Waals surface area contributed by atoms with Crippen molar-refractivity contribution < 1.29 is 13.9 Å². The van der Waals surface area contributed by atoms with Gasteiger partial charge in [-0.2, -0.15) is 0 Å². The molecule has 5 heteroatoms. The van der Waals surface area contributed by atoms with Crippen molar-refractivity contribution in [2.24, 2.45) is 17.3 Å². The molecule has 1 aromatic rings. The lowest BCUT2D eigenvalue weighted by Crippen LogP contribution is -2.57. The van der Waals surface area contributed by atoms with Crippen LogP contribution in [0.4, 0.5) is 4.39 Å². The average molecular weight is 352 g/mol. The van der Waals surface area contributed by atoms with Gasteiger partial charge < -0.3 is 10.1 Å². The van der Waals surface area contributed by atoms with E-state index in [4.69, 9.17) is 16.3 Å². The van der Waals surface area contributed by atoms with E-state index in [1.165, 1.54) is 13.5 Å². The normalized spacial score (nSPS) is 36.6. The number of rotatable bonds is 4. The fourth-order valence-electron chi connectivity index (χ4n) is 5.75. The predicted octanol–water partition coefficient (Wildman–Crippen LogP) is 4.39. The molecule has 0 saturated heterocycles.